The van der Waals surface area contributed by atoms with Gasteiger partial charge in [0.1, 0.15) is 0 Å². The van der Waals surface area contributed by atoms with Crippen LogP contribution in [0.1, 0.15) is 9.67 Å². The van der Waals surface area contributed by atoms with Crippen molar-refractivity contribution in [1.29, 1.82) is 0 Å². The van der Waals surface area contributed by atoms with Crippen LogP contribution in [-0.2, 0) is 0 Å². The highest BCUT2D eigenvalue weighted by atomic mass is 35.5. The van der Waals surface area contributed by atoms with Crippen molar-refractivity contribution in [3.8, 4) is 0 Å². The molecule has 2 rings (SSSR count). The van der Waals surface area contributed by atoms with Gasteiger partial charge < -0.3 is 5.32 Å². The van der Waals surface area contributed by atoms with Crippen LogP contribution in [-0.4, -0.2) is 23.4 Å². The molecule has 0 atom stereocenters. The largest absolute Gasteiger partial charge is 0.301 e. The Labute approximate surface area is 94.6 Å². The number of carbonyl (C=O) groups excluding carboxylic acids is 1. The number of hydrogen-bond donors (Lipinski definition) is 1. The summed E-state index contributed by atoms with van der Waals surface area (Å²) in [6, 6.07) is 1.65. The Balaban J connectivity index is 2.02. The number of carbonyl (C=O) groups is 1. The second kappa shape index (κ2) is 4.33. The van der Waals surface area contributed by atoms with Gasteiger partial charge in [-0.2, -0.15) is 0 Å². The van der Waals surface area contributed by atoms with Crippen LogP contribution in [0.5, 0.6) is 0 Å². The molecular weight excluding hydrogens is 240 g/mol. The molecule has 1 aliphatic rings. The molecule has 0 unspecified atom stereocenters. The molecule has 0 saturated carbocycles. The zero-order valence-electron chi connectivity index (χ0n) is 7.12. The number of hydrogen-bond acceptors (Lipinski definition) is 4. The van der Waals surface area contributed by atoms with Gasteiger partial charge in [0.15, 0.2) is 5.17 Å². The molecule has 0 aromatic carbocycles. The molecule has 0 fully saturated rings. The number of amides is 1. The summed E-state index contributed by atoms with van der Waals surface area (Å²) < 4.78 is 0. The molecule has 2 heterocycles. The van der Waals surface area contributed by atoms with Gasteiger partial charge in [0, 0.05) is 11.1 Å². The Hall–Kier alpha value is -0.520. The lowest BCUT2D eigenvalue weighted by molar-refractivity contribution is 0.0982. The lowest BCUT2D eigenvalue weighted by Gasteiger charge is -2.00. The molecule has 0 radical (unpaired) electrons. The molecule has 0 saturated heterocycles. The highest BCUT2D eigenvalue weighted by Gasteiger charge is 2.13. The van der Waals surface area contributed by atoms with E-state index in [0.717, 1.165) is 12.3 Å². The Morgan fingerprint density at radius 3 is 3.07 bits per heavy atom. The van der Waals surface area contributed by atoms with Crippen LogP contribution in [0.3, 0.4) is 0 Å². The van der Waals surface area contributed by atoms with E-state index < -0.39 is 0 Å². The number of thiophene rings is 1. The number of rotatable bonds is 1. The van der Waals surface area contributed by atoms with E-state index >= 15 is 0 Å². The fourth-order valence-corrected chi connectivity index (χ4v) is 2.69. The molecule has 1 aliphatic heterocycles. The lowest BCUT2D eigenvalue weighted by Crippen LogP contribution is -2.26. The molecule has 0 aliphatic carbocycles. The van der Waals surface area contributed by atoms with Crippen molar-refractivity contribution < 1.29 is 4.79 Å². The number of aliphatic imine (C=N–C) groups is 1. The van der Waals surface area contributed by atoms with Crippen molar-refractivity contribution >= 4 is 45.8 Å². The summed E-state index contributed by atoms with van der Waals surface area (Å²) in [5, 5.41) is 5.78. The highest BCUT2D eigenvalue weighted by molar-refractivity contribution is 8.14. The van der Waals surface area contributed by atoms with Crippen LogP contribution in [0.25, 0.3) is 0 Å². The van der Waals surface area contributed by atoms with Crippen LogP contribution in [0.2, 0.25) is 5.02 Å². The number of nitrogens with one attached hydrogen (secondary N) is 1. The van der Waals surface area contributed by atoms with Crippen LogP contribution in [0.4, 0.5) is 0 Å². The Morgan fingerprint density at radius 2 is 2.50 bits per heavy atom. The Morgan fingerprint density at radius 1 is 1.64 bits per heavy atom. The molecule has 74 valence electrons. The number of thioether (sulfide) groups is 1. The predicted molar refractivity (Wildman–Crippen MR) is 61.6 cm³/mol. The van der Waals surface area contributed by atoms with Gasteiger partial charge in [-0.15, -0.1) is 11.3 Å². The second-order valence-electron chi connectivity index (χ2n) is 2.62. The fraction of sp³-hybridized carbons (Fsp3) is 0.250. The third kappa shape index (κ3) is 2.29. The molecule has 0 bridgehead atoms. The maximum atomic E-state index is 11.6. The van der Waals surface area contributed by atoms with Gasteiger partial charge in [0.25, 0.3) is 5.91 Å². The van der Waals surface area contributed by atoms with E-state index in [1.54, 1.807) is 23.2 Å². The third-order valence-corrected chi connectivity index (χ3v) is 3.77. The van der Waals surface area contributed by atoms with Crippen molar-refractivity contribution in [3.63, 3.8) is 0 Å². The molecule has 1 N–H and O–H groups in total. The first-order chi connectivity index (χ1) is 6.75. The third-order valence-electron chi connectivity index (χ3n) is 1.60. The molecule has 14 heavy (non-hydrogen) atoms. The average molecular weight is 247 g/mol. The van der Waals surface area contributed by atoms with Crippen LogP contribution < -0.4 is 5.32 Å². The number of amidine groups is 1. The van der Waals surface area contributed by atoms with Crippen molar-refractivity contribution in [1.82, 2.24) is 5.32 Å². The minimum Gasteiger partial charge on any atom is -0.301 e. The average Bonchev–Trinajstić information content (AvgIpc) is 2.75. The van der Waals surface area contributed by atoms with Crippen LogP contribution >= 0.6 is 34.7 Å². The van der Waals surface area contributed by atoms with Crippen LogP contribution in [0, 0.1) is 0 Å². The zero-order valence-corrected chi connectivity index (χ0v) is 9.51. The molecule has 1 amide bonds. The number of halogens is 1. The SMILES string of the molecule is O=C(NC1=NCCS1)c1cc(Cl)cs1. The standard InChI is InChI=1S/C8H7ClN2OS2/c9-5-3-6(14-4-5)7(12)11-8-10-1-2-13-8/h3-4H,1-2H2,(H,10,11,12). The molecule has 1 aromatic rings. The molecule has 0 spiro atoms. The first-order valence-electron chi connectivity index (χ1n) is 3.98. The van der Waals surface area contributed by atoms with E-state index in [4.69, 9.17) is 11.6 Å². The van der Waals surface area contributed by atoms with Gasteiger partial charge in [-0.1, -0.05) is 23.4 Å². The molecule has 3 nitrogen and oxygen atoms in total. The first kappa shape index (κ1) is 10.0. The number of nitrogens with zero attached hydrogens (tertiary/aromatic N) is 1. The lowest BCUT2D eigenvalue weighted by atomic mass is 10.4. The van der Waals surface area contributed by atoms with Gasteiger partial charge >= 0.3 is 0 Å². The minimum atomic E-state index is -0.130. The van der Waals surface area contributed by atoms with Crippen molar-refractivity contribution in [2.24, 2.45) is 4.99 Å². The summed E-state index contributed by atoms with van der Waals surface area (Å²) in [7, 11) is 0. The predicted octanol–water partition coefficient (Wildman–Crippen LogP) is 2.23. The van der Waals surface area contributed by atoms with E-state index in [1.807, 2.05) is 0 Å². The van der Waals surface area contributed by atoms with Crippen molar-refractivity contribution in [3.05, 3.63) is 21.3 Å². The molecule has 6 heteroatoms. The van der Waals surface area contributed by atoms with E-state index in [-0.39, 0.29) is 5.91 Å². The summed E-state index contributed by atoms with van der Waals surface area (Å²) in [5.41, 5.74) is 0. The van der Waals surface area contributed by atoms with Crippen LogP contribution in [0.15, 0.2) is 16.4 Å². The summed E-state index contributed by atoms with van der Waals surface area (Å²) in [4.78, 5) is 16.3. The maximum Gasteiger partial charge on any atom is 0.267 e. The maximum absolute atomic E-state index is 11.6. The monoisotopic (exact) mass is 246 g/mol. The molecule has 1 aromatic heterocycles. The van der Waals surface area contributed by atoms with Gasteiger partial charge in [0.2, 0.25) is 0 Å². The quantitative estimate of drug-likeness (QED) is 0.826. The fourth-order valence-electron chi connectivity index (χ4n) is 1.00. The zero-order chi connectivity index (χ0) is 9.97. The summed E-state index contributed by atoms with van der Waals surface area (Å²) in [5.74, 6) is 0.816. The normalized spacial score (nSPS) is 15.4. The second-order valence-corrected chi connectivity index (χ2v) is 5.05. The van der Waals surface area contributed by atoms with Crippen molar-refractivity contribution in [2.45, 2.75) is 0 Å². The minimum absolute atomic E-state index is 0.130. The van der Waals surface area contributed by atoms with Crippen molar-refractivity contribution in [2.75, 3.05) is 12.3 Å². The van der Waals surface area contributed by atoms with E-state index in [9.17, 15) is 4.79 Å². The Kier molecular flexibility index (Phi) is 3.10. The van der Waals surface area contributed by atoms with E-state index in [2.05, 4.69) is 10.3 Å². The van der Waals surface area contributed by atoms with Gasteiger partial charge in [-0.25, -0.2) is 0 Å². The Bertz CT molecular complexity index is 388. The summed E-state index contributed by atoms with van der Waals surface area (Å²) >= 11 is 8.61. The van der Waals surface area contributed by atoms with E-state index in [0.29, 0.717) is 15.1 Å². The molecular formula is C8H7ClN2OS2. The van der Waals surface area contributed by atoms with E-state index in [1.165, 1.54) is 11.3 Å². The van der Waals surface area contributed by atoms with Gasteiger partial charge in [-0.05, 0) is 6.07 Å². The summed E-state index contributed by atoms with van der Waals surface area (Å²) in [6.07, 6.45) is 0. The first-order valence-corrected chi connectivity index (χ1v) is 6.22. The summed E-state index contributed by atoms with van der Waals surface area (Å²) in [6.45, 7) is 0.783. The highest BCUT2D eigenvalue weighted by Crippen LogP contribution is 2.19. The topological polar surface area (TPSA) is 41.5 Å². The smallest absolute Gasteiger partial charge is 0.267 e. The van der Waals surface area contributed by atoms with Gasteiger partial charge in [0.05, 0.1) is 16.4 Å². The van der Waals surface area contributed by atoms with Gasteiger partial charge in [-0.3, -0.25) is 9.79 Å².